The summed E-state index contributed by atoms with van der Waals surface area (Å²) in [7, 11) is 0. The quantitative estimate of drug-likeness (QED) is 0.325. The summed E-state index contributed by atoms with van der Waals surface area (Å²) in [6.07, 6.45) is 29.6. The number of hydrogen-bond acceptors (Lipinski definition) is 1. The Kier molecular flexibility index (Phi) is 25.6. The van der Waals surface area contributed by atoms with Crippen molar-refractivity contribution >= 4 is 0 Å². The third-order valence-electron chi connectivity index (χ3n) is 8.48. The first-order valence-electron chi connectivity index (χ1n) is 16.5. The molecule has 0 N–H and O–H groups in total. The van der Waals surface area contributed by atoms with Gasteiger partial charge < -0.3 is 4.74 Å². The van der Waals surface area contributed by atoms with Gasteiger partial charge in [-0.25, -0.2) is 0 Å². The Bertz CT molecular complexity index is 322. The highest BCUT2D eigenvalue weighted by Crippen LogP contribution is 2.25. The van der Waals surface area contributed by atoms with Gasteiger partial charge in [0.2, 0.25) is 0 Å². The molecule has 1 heterocycles. The van der Waals surface area contributed by atoms with Crippen LogP contribution in [0.3, 0.4) is 0 Å². The largest absolute Gasteiger partial charge is 0.381 e. The summed E-state index contributed by atoms with van der Waals surface area (Å²) in [5.41, 5.74) is 0. The standard InChI is InChI=1S/2C6H12.C5H10O.3C5H10.C2H6/c2*1-6-4-2-3-5-6;1-5-2-3-6-4-5;2*1-5-3-2-4-5;1-2-4-5-3-1;1-2/h2*6H,2-5H2,1H3;5H,2-4H2,1H3;2*5H,2-4H2,1H3;1-5H2;1-2H3/t;;5-;;;;/m..1..../s1. The fourth-order valence-corrected chi connectivity index (χ4v) is 5.02. The van der Waals surface area contributed by atoms with E-state index in [2.05, 4.69) is 34.6 Å². The molecule has 0 aromatic carbocycles. The van der Waals surface area contributed by atoms with E-state index in [-0.39, 0.29) is 0 Å². The molecule has 1 saturated heterocycles. The molecular weight excluding hydrogens is 424 g/mol. The average molecular weight is 495 g/mol. The summed E-state index contributed by atoms with van der Waals surface area (Å²) >= 11 is 0. The van der Waals surface area contributed by atoms with Crippen LogP contribution < -0.4 is 0 Å². The van der Waals surface area contributed by atoms with E-state index in [0.717, 1.165) is 42.8 Å². The van der Waals surface area contributed by atoms with Crippen molar-refractivity contribution in [3.63, 3.8) is 0 Å². The van der Waals surface area contributed by atoms with Gasteiger partial charge in [-0.15, -0.1) is 0 Å². The van der Waals surface area contributed by atoms with Crippen LogP contribution in [0, 0.1) is 29.6 Å². The third kappa shape index (κ3) is 24.1. The Morgan fingerprint density at radius 2 is 0.629 bits per heavy atom. The minimum atomic E-state index is 0.824. The Hall–Kier alpha value is -0.0400. The molecule has 1 atom stereocenters. The third-order valence-corrected chi connectivity index (χ3v) is 8.48. The van der Waals surface area contributed by atoms with Crippen molar-refractivity contribution in [2.24, 2.45) is 29.6 Å². The molecule has 0 aromatic heterocycles. The summed E-state index contributed by atoms with van der Waals surface area (Å²) in [5, 5.41) is 0. The monoisotopic (exact) mass is 495 g/mol. The first-order valence-corrected chi connectivity index (χ1v) is 16.5. The van der Waals surface area contributed by atoms with Gasteiger partial charge in [0, 0.05) is 13.2 Å². The fourth-order valence-electron chi connectivity index (χ4n) is 5.02. The van der Waals surface area contributed by atoms with E-state index in [1.165, 1.54) is 128 Å². The van der Waals surface area contributed by atoms with Gasteiger partial charge in [0.05, 0.1) is 0 Å². The molecule has 212 valence electrons. The molecular formula is C34H70O. The Labute approximate surface area is 224 Å². The van der Waals surface area contributed by atoms with Crippen LogP contribution in [0.1, 0.15) is 177 Å². The predicted molar refractivity (Wildman–Crippen MR) is 160 cm³/mol. The molecule has 5 aliphatic carbocycles. The molecule has 35 heavy (non-hydrogen) atoms. The minimum Gasteiger partial charge on any atom is -0.381 e. The maximum atomic E-state index is 5.06. The first-order chi connectivity index (χ1) is 17.0. The van der Waals surface area contributed by atoms with Crippen molar-refractivity contribution in [2.75, 3.05) is 13.2 Å². The summed E-state index contributed by atoms with van der Waals surface area (Å²) in [4.78, 5) is 0. The van der Waals surface area contributed by atoms with Crippen molar-refractivity contribution in [2.45, 2.75) is 177 Å². The molecule has 0 spiro atoms. The summed E-state index contributed by atoms with van der Waals surface area (Å²) in [6.45, 7) is 17.5. The van der Waals surface area contributed by atoms with Crippen LogP contribution in [0.15, 0.2) is 0 Å². The van der Waals surface area contributed by atoms with E-state index in [9.17, 15) is 0 Å². The number of hydrogen-bond donors (Lipinski definition) is 0. The molecule has 0 amide bonds. The SMILES string of the molecule is C1CCCC1.CC.CC1CCC1.CC1CCC1.CC1CCCC1.CC1CCCC1.C[C@@H]1CCOC1. The molecule has 6 rings (SSSR count). The molecule has 0 unspecified atom stereocenters. The lowest BCUT2D eigenvalue weighted by molar-refractivity contribution is 0.188. The van der Waals surface area contributed by atoms with Crippen LogP contribution in [-0.2, 0) is 4.74 Å². The topological polar surface area (TPSA) is 9.23 Å². The lowest BCUT2D eigenvalue weighted by Gasteiger charge is -2.18. The van der Waals surface area contributed by atoms with Crippen molar-refractivity contribution in [3.8, 4) is 0 Å². The highest BCUT2D eigenvalue weighted by Gasteiger charge is 2.10. The van der Waals surface area contributed by atoms with Crippen molar-refractivity contribution in [3.05, 3.63) is 0 Å². The normalized spacial score (nSPS) is 25.6. The van der Waals surface area contributed by atoms with Gasteiger partial charge in [-0.3, -0.25) is 0 Å². The Morgan fingerprint density at radius 3 is 0.714 bits per heavy atom. The van der Waals surface area contributed by atoms with Crippen molar-refractivity contribution in [1.82, 2.24) is 0 Å². The fraction of sp³-hybridized carbons (Fsp3) is 1.00. The Balaban J connectivity index is 0.000000391. The number of ether oxygens (including phenoxy) is 1. The second-order valence-electron chi connectivity index (χ2n) is 12.6. The van der Waals surface area contributed by atoms with E-state index in [1.54, 1.807) is 0 Å². The van der Waals surface area contributed by atoms with Crippen LogP contribution in [0.4, 0.5) is 0 Å². The molecule has 1 heteroatoms. The van der Waals surface area contributed by atoms with E-state index >= 15 is 0 Å². The van der Waals surface area contributed by atoms with E-state index in [1.807, 2.05) is 13.8 Å². The van der Waals surface area contributed by atoms with Crippen molar-refractivity contribution in [1.29, 1.82) is 0 Å². The second-order valence-corrected chi connectivity index (χ2v) is 12.6. The van der Waals surface area contributed by atoms with Crippen LogP contribution >= 0.6 is 0 Å². The summed E-state index contributed by atoms with van der Waals surface area (Å²) < 4.78 is 5.06. The molecule has 6 aliphatic rings. The van der Waals surface area contributed by atoms with Crippen molar-refractivity contribution < 1.29 is 4.74 Å². The zero-order valence-corrected chi connectivity index (χ0v) is 25.9. The maximum Gasteiger partial charge on any atom is 0.0492 e. The molecule has 0 radical (unpaired) electrons. The van der Waals surface area contributed by atoms with Gasteiger partial charge >= 0.3 is 0 Å². The Morgan fingerprint density at radius 1 is 0.343 bits per heavy atom. The van der Waals surface area contributed by atoms with Crippen LogP contribution in [0.5, 0.6) is 0 Å². The average Bonchev–Trinajstić information content (AvgIpc) is 3.64. The van der Waals surface area contributed by atoms with E-state index < -0.39 is 0 Å². The zero-order valence-electron chi connectivity index (χ0n) is 25.9. The van der Waals surface area contributed by atoms with Gasteiger partial charge in [-0.1, -0.05) is 170 Å². The second kappa shape index (κ2) is 25.6. The van der Waals surface area contributed by atoms with Crippen LogP contribution in [-0.4, -0.2) is 13.2 Å². The molecule has 0 bridgehead atoms. The highest BCUT2D eigenvalue weighted by molar-refractivity contribution is 4.63. The number of rotatable bonds is 0. The molecule has 6 fully saturated rings. The molecule has 1 nitrogen and oxygen atoms in total. The summed E-state index contributed by atoms with van der Waals surface area (Å²) in [6, 6.07) is 0. The van der Waals surface area contributed by atoms with Gasteiger partial charge in [-0.2, -0.15) is 0 Å². The van der Waals surface area contributed by atoms with Gasteiger partial charge in [0.1, 0.15) is 0 Å². The maximum absolute atomic E-state index is 5.06. The smallest absolute Gasteiger partial charge is 0.0492 e. The lowest BCUT2D eigenvalue weighted by Crippen LogP contribution is -2.04. The zero-order chi connectivity index (χ0) is 26.2. The highest BCUT2D eigenvalue weighted by atomic mass is 16.5. The molecule has 5 saturated carbocycles. The van der Waals surface area contributed by atoms with E-state index in [4.69, 9.17) is 4.74 Å². The van der Waals surface area contributed by atoms with Crippen LogP contribution in [0.2, 0.25) is 0 Å². The lowest BCUT2D eigenvalue weighted by atomic mass is 9.88. The van der Waals surface area contributed by atoms with Gasteiger partial charge in [-0.05, 0) is 36.0 Å². The minimum absolute atomic E-state index is 0.824. The first kappa shape index (κ1) is 35.0. The van der Waals surface area contributed by atoms with Gasteiger partial charge in [0.25, 0.3) is 0 Å². The summed E-state index contributed by atoms with van der Waals surface area (Å²) in [5.74, 6) is 5.05. The molecule has 0 aromatic rings. The molecule has 1 aliphatic heterocycles. The van der Waals surface area contributed by atoms with Crippen LogP contribution in [0.25, 0.3) is 0 Å². The van der Waals surface area contributed by atoms with Gasteiger partial charge in [0.15, 0.2) is 0 Å². The van der Waals surface area contributed by atoms with E-state index in [0.29, 0.717) is 0 Å². The predicted octanol–water partition coefficient (Wildman–Crippen LogP) is 12.0.